The Bertz CT molecular complexity index is 826. The molecule has 0 amide bonds. The zero-order valence-corrected chi connectivity index (χ0v) is 15.0. The smallest absolute Gasteiger partial charge is 0.0746 e. The largest absolute Gasteiger partial charge is 0.379 e. The van der Waals surface area contributed by atoms with E-state index in [-0.39, 0.29) is 0 Å². The van der Waals surface area contributed by atoms with E-state index >= 15 is 0 Å². The van der Waals surface area contributed by atoms with Crippen molar-refractivity contribution < 1.29 is 4.74 Å². The molecule has 3 aromatic rings. The molecule has 26 heavy (non-hydrogen) atoms. The summed E-state index contributed by atoms with van der Waals surface area (Å²) in [5.74, 6) is 0. The molecule has 4 rings (SSSR count). The third-order valence-electron chi connectivity index (χ3n) is 5.04. The van der Waals surface area contributed by atoms with Crippen molar-refractivity contribution in [3.63, 3.8) is 0 Å². The summed E-state index contributed by atoms with van der Waals surface area (Å²) in [7, 11) is 0. The first-order valence-electron chi connectivity index (χ1n) is 9.32. The fourth-order valence-corrected chi connectivity index (χ4v) is 3.68. The van der Waals surface area contributed by atoms with Crippen LogP contribution in [0.25, 0.3) is 10.9 Å². The van der Waals surface area contributed by atoms with Gasteiger partial charge in [0, 0.05) is 43.8 Å². The number of ether oxygens (including phenoxy) is 1. The number of aromatic nitrogens is 1. The number of benzene rings is 2. The summed E-state index contributed by atoms with van der Waals surface area (Å²) in [6, 6.07) is 21.6. The predicted molar refractivity (Wildman–Crippen MR) is 105 cm³/mol. The van der Waals surface area contributed by atoms with Gasteiger partial charge in [-0.15, -0.1) is 0 Å². The molecule has 1 unspecified atom stereocenters. The van der Waals surface area contributed by atoms with Crippen LogP contribution in [0.4, 0.5) is 0 Å². The normalized spacial score (nSPS) is 16.6. The first kappa shape index (κ1) is 17.2. The lowest BCUT2D eigenvalue weighted by molar-refractivity contribution is 0.0161. The third kappa shape index (κ3) is 3.93. The van der Waals surface area contributed by atoms with E-state index < -0.39 is 0 Å². The van der Waals surface area contributed by atoms with Gasteiger partial charge < -0.3 is 10.1 Å². The molecule has 2 aromatic carbocycles. The summed E-state index contributed by atoms with van der Waals surface area (Å²) < 4.78 is 5.54. The van der Waals surface area contributed by atoms with E-state index in [1.54, 1.807) is 0 Å². The number of nitrogens with zero attached hydrogens (tertiary/aromatic N) is 2. The van der Waals surface area contributed by atoms with E-state index in [0.29, 0.717) is 6.04 Å². The average molecular weight is 347 g/mol. The van der Waals surface area contributed by atoms with Crippen LogP contribution < -0.4 is 5.32 Å². The van der Waals surface area contributed by atoms with E-state index in [4.69, 9.17) is 4.74 Å². The molecule has 0 radical (unpaired) electrons. The van der Waals surface area contributed by atoms with Crippen LogP contribution in [0.15, 0.2) is 66.9 Å². The van der Waals surface area contributed by atoms with Crippen LogP contribution in [0.1, 0.15) is 17.2 Å². The van der Waals surface area contributed by atoms with Crippen LogP contribution in [0, 0.1) is 0 Å². The summed E-state index contributed by atoms with van der Waals surface area (Å²) in [6.45, 7) is 5.33. The fraction of sp³-hybridized carbons (Fsp3) is 0.318. The monoisotopic (exact) mass is 347 g/mol. The average Bonchev–Trinajstić information content (AvgIpc) is 2.72. The number of pyridine rings is 1. The summed E-state index contributed by atoms with van der Waals surface area (Å²) >= 11 is 0. The molecular weight excluding hydrogens is 322 g/mol. The van der Waals surface area contributed by atoms with Gasteiger partial charge in [0.1, 0.15) is 0 Å². The first-order valence-corrected chi connectivity index (χ1v) is 9.32. The molecule has 4 heteroatoms. The van der Waals surface area contributed by atoms with Crippen LogP contribution in [0.5, 0.6) is 0 Å². The summed E-state index contributed by atoms with van der Waals surface area (Å²) in [6.07, 6.45) is 1.87. The molecule has 1 aliphatic rings. The maximum atomic E-state index is 5.54. The fourth-order valence-electron chi connectivity index (χ4n) is 3.68. The highest BCUT2D eigenvalue weighted by Gasteiger charge is 2.22. The highest BCUT2D eigenvalue weighted by molar-refractivity contribution is 5.81. The summed E-state index contributed by atoms with van der Waals surface area (Å²) in [5.41, 5.74) is 3.69. The van der Waals surface area contributed by atoms with Crippen molar-refractivity contribution in [3.05, 3.63) is 78.0 Å². The number of hydrogen-bond donors (Lipinski definition) is 1. The Morgan fingerprint density at radius 1 is 0.962 bits per heavy atom. The van der Waals surface area contributed by atoms with Gasteiger partial charge in [-0.1, -0.05) is 54.6 Å². The van der Waals surface area contributed by atoms with Crippen molar-refractivity contribution in [1.82, 2.24) is 15.2 Å². The first-order chi connectivity index (χ1) is 12.9. The Labute approximate surface area is 154 Å². The molecule has 0 saturated carbocycles. The van der Waals surface area contributed by atoms with E-state index in [1.807, 2.05) is 12.3 Å². The molecule has 1 aliphatic heterocycles. The Hall–Kier alpha value is -2.27. The molecule has 4 nitrogen and oxygen atoms in total. The minimum Gasteiger partial charge on any atom is -0.379 e. The summed E-state index contributed by atoms with van der Waals surface area (Å²) in [4.78, 5) is 7.08. The number of para-hydroxylation sites is 1. The quantitative estimate of drug-likeness (QED) is 0.742. The number of rotatable bonds is 6. The van der Waals surface area contributed by atoms with Gasteiger partial charge in [-0.3, -0.25) is 9.88 Å². The van der Waals surface area contributed by atoms with Crippen molar-refractivity contribution in [2.45, 2.75) is 12.6 Å². The van der Waals surface area contributed by atoms with Crippen LogP contribution in [0.3, 0.4) is 0 Å². The standard InChI is InChI=1S/C22H25N3O/c1-2-6-18(7-3-1)21(25-12-14-26-15-13-25)17-23-16-20-9-4-8-19-10-5-11-24-22(19)20/h1-11,21,23H,12-17H2. The molecule has 1 atom stereocenters. The maximum Gasteiger partial charge on any atom is 0.0746 e. The van der Waals surface area contributed by atoms with Crippen LogP contribution in [-0.4, -0.2) is 42.7 Å². The van der Waals surface area contributed by atoms with E-state index in [0.717, 1.165) is 44.9 Å². The number of hydrogen-bond acceptors (Lipinski definition) is 4. The van der Waals surface area contributed by atoms with Gasteiger partial charge in [0.2, 0.25) is 0 Å². The Morgan fingerprint density at radius 2 is 1.77 bits per heavy atom. The van der Waals surface area contributed by atoms with Gasteiger partial charge in [-0.05, 0) is 17.2 Å². The molecule has 1 fully saturated rings. The molecule has 0 aliphatic carbocycles. The Kier molecular flexibility index (Phi) is 5.55. The number of nitrogens with one attached hydrogen (secondary N) is 1. The maximum absolute atomic E-state index is 5.54. The summed E-state index contributed by atoms with van der Waals surface area (Å²) in [5, 5.41) is 4.86. The SMILES string of the molecule is c1ccc(C(CNCc2cccc3cccnc23)N2CCOCC2)cc1. The molecule has 134 valence electrons. The Balaban J connectivity index is 1.47. The van der Waals surface area contributed by atoms with Gasteiger partial charge in [0.05, 0.1) is 18.7 Å². The second kappa shape index (κ2) is 8.41. The van der Waals surface area contributed by atoms with Gasteiger partial charge in [-0.25, -0.2) is 0 Å². The minimum atomic E-state index is 0.364. The number of morpholine rings is 1. The predicted octanol–water partition coefficient (Wildman–Crippen LogP) is 3.40. The highest BCUT2D eigenvalue weighted by atomic mass is 16.5. The van der Waals surface area contributed by atoms with Crippen LogP contribution >= 0.6 is 0 Å². The minimum absolute atomic E-state index is 0.364. The van der Waals surface area contributed by atoms with Gasteiger partial charge in [0.25, 0.3) is 0 Å². The molecule has 1 N–H and O–H groups in total. The van der Waals surface area contributed by atoms with Crippen molar-refractivity contribution in [1.29, 1.82) is 0 Å². The lowest BCUT2D eigenvalue weighted by Gasteiger charge is -2.35. The lowest BCUT2D eigenvalue weighted by Crippen LogP contribution is -2.42. The van der Waals surface area contributed by atoms with Crippen molar-refractivity contribution in [2.75, 3.05) is 32.8 Å². The topological polar surface area (TPSA) is 37.4 Å². The van der Waals surface area contributed by atoms with E-state index in [2.05, 4.69) is 69.8 Å². The van der Waals surface area contributed by atoms with Crippen molar-refractivity contribution >= 4 is 10.9 Å². The van der Waals surface area contributed by atoms with E-state index in [9.17, 15) is 0 Å². The van der Waals surface area contributed by atoms with Gasteiger partial charge in [0.15, 0.2) is 0 Å². The third-order valence-corrected chi connectivity index (χ3v) is 5.04. The highest BCUT2D eigenvalue weighted by Crippen LogP contribution is 2.22. The second-order valence-corrected chi connectivity index (χ2v) is 6.70. The molecule has 2 heterocycles. The molecular formula is C22H25N3O. The zero-order valence-electron chi connectivity index (χ0n) is 15.0. The van der Waals surface area contributed by atoms with Crippen molar-refractivity contribution in [2.24, 2.45) is 0 Å². The second-order valence-electron chi connectivity index (χ2n) is 6.70. The lowest BCUT2D eigenvalue weighted by atomic mass is 10.0. The van der Waals surface area contributed by atoms with E-state index in [1.165, 1.54) is 16.5 Å². The van der Waals surface area contributed by atoms with Gasteiger partial charge >= 0.3 is 0 Å². The van der Waals surface area contributed by atoms with Crippen LogP contribution in [-0.2, 0) is 11.3 Å². The number of fused-ring (bicyclic) bond motifs is 1. The molecule has 0 bridgehead atoms. The Morgan fingerprint density at radius 3 is 2.62 bits per heavy atom. The molecule has 1 aromatic heterocycles. The van der Waals surface area contributed by atoms with Crippen LogP contribution in [0.2, 0.25) is 0 Å². The zero-order chi connectivity index (χ0) is 17.6. The molecule has 0 spiro atoms. The van der Waals surface area contributed by atoms with Gasteiger partial charge in [-0.2, -0.15) is 0 Å². The molecule has 1 saturated heterocycles. The van der Waals surface area contributed by atoms with Crippen molar-refractivity contribution in [3.8, 4) is 0 Å².